The van der Waals surface area contributed by atoms with Crippen molar-refractivity contribution >= 4 is 23.6 Å². The van der Waals surface area contributed by atoms with Crippen LogP contribution >= 0.6 is 0 Å². The van der Waals surface area contributed by atoms with Crippen molar-refractivity contribution in [3.63, 3.8) is 0 Å². The number of unbranched alkanes of at least 4 members (excludes halogenated alkanes) is 2. The average Bonchev–Trinajstić information content (AvgIpc) is 2.87. The van der Waals surface area contributed by atoms with Crippen molar-refractivity contribution in [2.24, 2.45) is 0 Å². The molecule has 0 aromatic heterocycles. The Morgan fingerprint density at radius 2 is 1.36 bits per heavy atom. The van der Waals surface area contributed by atoms with E-state index in [-0.39, 0.29) is 0 Å². The minimum atomic E-state index is 0.913. The molecule has 0 heterocycles. The molecule has 0 fully saturated rings. The molecule has 0 unspecified atom stereocenters. The van der Waals surface area contributed by atoms with E-state index in [2.05, 4.69) is 104 Å². The summed E-state index contributed by atoms with van der Waals surface area (Å²) in [6, 6.07) is 13.7. The molecule has 196 valence electrons. The maximum absolute atomic E-state index is 9.14. The van der Waals surface area contributed by atoms with Gasteiger partial charge in [0.15, 0.2) is 0 Å². The van der Waals surface area contributed by atoms with Crippen LogP contribution < -0.4 is 0 Å². The van der Waals surface area contributed by atoms with E-state index in [0.717, 1.165) is 37.7 Å². The minimum absolute atomic E-state index is 0.913. The van der Waals surface area contributed by atoms with Gasteiger partial charge in [0.05, 0.1) is 6.08 Å². The zero-order valence-corrected chi connectivity index (χ0v) is 24.3. The Kier molecular flexibility index (Phi) is 16.2. The van der Waals surface area contributed by atoms with Gasteiger partial charge in [-0.1, -0.05) is 76.1 Å². The van der Waals surface area contributed by atoms with E-state index >= 15 is 0 Å². The van der Waals surface area contributed by atoms with E-state index in [4.69, 9.17) is 5.53 Å². The molecule has 0 saturated carbocycles. The molecule has 0 spiro atoms. The Morgan fingerprint density at radius 3 is 1.81 bits per heavy atom. The summed E-state index contributed by atoms with van der Waals surface area (Å²) in [6.45, 7) is 10.7. The molecule has 0 atom stereocenters. The van der Waals surface area contributed by atoms with Gasteiger partial charge < -0.3 is 5.53 Å². The van der Waals surface area contributed by atoms with Crippen LogP contribution in [-0.4, -0.2) is 10.7 Å². The second-order valence-corrected chi connectivity index (χ2v) is 9.67. The number of aryl methyl sites for hydroxylation is 2. The zero-order chi connectivity index (χ0) is 26.8. The molecular weight excluding hydrogens is 483 g/mol. The van der Waals surface area contributed by atoms with Gasteiger partial charge in [-0.25, -0.2) is 0 Å². The molecule has 2 aromatic carbocycles. The first-order valence-electron chi connectivity index (χ1n) is 12.9. The van der Waals surface area contributed by atoms with Crippen LogP contribution in [-0.2, 0) is 27.3 Å². The summed E-state index contributed by atoms with van der Waals surface area (Å²) in [5.41, 5.74) is 18.9. The van der Waals surface area contributed by atoms with Crippen LogP contribution in [0.3, 0.4) is 0 Å². The van der Waals surface area contributed by atoms with Gasteiger partial charge >= 0.3 is 26.2 Å². The number of allylic oxidation sites excluding steroid dienone is 4. The summed E-state index contributed by atoms with van der Waals surface area (Å²) in [5.74, 6) is 6.83. The monoisotopic (exact) mass is 526 g/mol. The summed E-state index contributed by atoms with van der Waals surface area (Å²) in [6.07, 6.45) is 16.6. The Hall–Kier alpha value is -2.69. The summed E-state index contributed by atoms with van der Waals surface area (Å²) in [5, 5.41) is 0. The zero-order valence-electron chi connectivity index (χ0n) is 23.3. The van der Waals surface area contributed by atoms with Crippen molar-refractivity contribution in [1.82, 2.24) is 0 Å². The fourth-order valence-corrected chi connectivity index (χ4v) is 4.19. The second-order valence-electron chi connectivity index (χ2n) is 8.68. The Bertz CT molecular complexity index is 1070. The van der Waals surface area contributed by atoms with Gasteiger partial charge in [-0.15, -0.1) is 4.79 Å². The molecule has 2 nitrogen and oxygen atoms in total. The Labute approximate surface area is 226 Å². The molecule has 0 radical (unpaired) electrons. The van der Waals surface area contributed by atoms with Gasteiger partial charge in [-0.2, -0.15) is 0 Å². The number of rotatable bonds is 11. The number of benzene rings is 2. The van der Waals surface area contributed by atoms with Gasteiger partial charge in [-0.3, -0.25) is 0 Å². The van der Waals surface area contributed by atoms with Gasteiger partial charge in [0.2, 0.25) is 0 Å². The summed E-state index contributed by atoms with van der Waals surface area (Å²) in [7, 11) is 0. The normalized spacial score (nSPS) is 11.6. The van der Waals surface area contributed by atoms with Crippen LogP contribution in [0, 0.1) is 0 Å². The van der Waals surface area contributed by atoms with Crippen molar-refractivity contribution in [3.05, 3.63) is 99.1 Å². The molecular formula is C33H44N2Ni. The number of hydrogen-bond acceptors (Lipinski definition) is 0. The van der Waals surface area contributed by atoms with Crippen LogP contribution in [0.1, 0.15) is 93.7 Å². The molecule has 2 rings (SSSR count). The second kappa shape index (κ2) is 18.6. The quantitative estimate of drug-likeness (QED) is 0.0697. The SMILES string of the molecule is CC=Cc1cc(C=CC)cc(C(=C(C=C=[N+]=[N-])CCCCC)c2cc(CC)cc(CC)c2)c1.[CH3][Ni][CH3]. The predicted molar refractivity (Wildman–Crippen MR) is 156 cm³/mol. The Morgan fingerprint density at radius 1 is 0.833 bits per heavy atom. The molecule has 3 heteroatoms. The van der Waals surface area contributed by atoms with Crippen LogP contribution in [0.25, 0.3) is 23.3 Å². The molecule has 2 aromatic rings. The summed E-state index contributed by atoms with van der Waals surface area (Å²) in [4.78, 5) is 3.17. The first-order valence-corrected chi connectivity index (χ1v) is 14.9. The van der Waals surface area contributed by atoms with Crippen LogP contribution in [0.4, 0.5) is 0 Å². The van der Waals surface area contributed by atoms with Crippen molar-refractivity contribution in [2.75, 3.05) is 0 Å². The van der Waals surface area contributed by atoms with Crippen molar-refractivity contribution in [3.8, 4) is 0 Å². The van der Waals surface area contributed by atoms with Gasteiger partial charge in [0.25, 0.3) is 5.87 Å². The number of hydrogen-bond donors (Lipinski definition) is 0. The maximum atomic E-state index is 9.14. The van der Waals surface area contributed by atoms with Crippen molar-refractivity contribution in [2.45, 2.75) is 84.9 Å². The molecule has 0 saturated heterocycles. The third kappa shape index (κ3) is 10.5. The Balaban J connectivity index is 0.00000205. The van der Waals surface area contributed by atoms with E-state index in [1.807, 2.05) is 19.9 Å². The molecule has 0 bridgehead atoms. The van der Waals surface area contributed by atoms with Crippen LogP contribution in [0.15, 0.2) is 60.2 Å². The van der Waals surface area contributed by atoms with E-state index in [1.54, 1.807) is 14.4 Å². The molecule has 0 aliphatic heterocycles. The van der Waals surface area contributed by atoms with Crippen molar-refractivity contribution in [1.29, 1.82) is 0 Å². The molecule has 0 aliphatic rings. The van der Waals surface area contributed by atoms with E-state index in [1.165, 1.54) is 45.4 Å². The molecule has 0 aliphatic carbocycles. The third-order valence-electron chi connectivity index (χ3n) is 5.81. The molecule has 36 heavy (non-hydrogen) atoms. The van der Waals surface area contributed by atoms with E-state index in [9.17, 15) is 0 Å². The van der Waals surface area contributed by atoms with Crippen LogP contribution in [0.5, 0.6) is 0 Å². The molecule has 0 amide bonds. The standard InChI is InChI=1S/C31H38N2.2CH3.Ni/c1-6-11-12-15-28(16-17-33-32)31(29-20-24(9-4)18-25(10-5)21-29)30-22-26(13-7-2)19-27(23-30)14-8-3;;;/h7-8,13-14,16,18-23H,6,9-12,15H2,1-5H3;2*1H3;. The fraction of sp³-hybridized carbons (Fsp3) is 0.394. The summed E-state index contributed by atoms with van der Waals surface area (Å²) < 4.78 is 0. The average molecular weight is 527 g/mol. The van der Waals surface area contributed by atoms with Gasteiger partial charge in [-0.05, 0) is 102 Å². The fourth-order valence-electron chi connectivity index (χ4n) is 4.19. The van der Waals surface area contributed by atoms with Crippen LogP contribution in [0.2, 0.25) is 11.8 Å². The number of nitrogens with zero attached hydrogens (tertiary/aromatic N) is 2. The molecule has 0 N–H and O–H groups in total. The third-order valence-corrected chi connectivity index (χ3v) is 5.81. The first-order chi connectivity index (χ1) is 17.5. The van der Waals surface area contributed by atoms with Gasteiger partial charge in [0.1, 0.15) is 0 Å². The van der Waals surface area contributed by atoms with E-state index in [0.29, 0.717) is 0 Å². The van der Waals surface area contributed by atoms with Gasteiger partial charge in [0, 0.05) is 0 Å². The van der Waals surface area contributed by atoms with E-state index < -0.39 is 0 Å². The topological polar surface area (TPSA) is 36.4 Å². The predicted octanol–water partition coefficient (Wildman–Crippen LogP) is 9.88. The first kappa shape index (κ1) is 31.3. The summed E-state index contributed by atoms with van der Waals surface area (Å²) >= 11 is 1.62. The van der Waals surface area contributed by atoms with Crippen molar-refractivity contribution < 1.29 is 19.2 Å².